The Hall–Kier alpha value is -5.86. The monoisotopic (exact) mass is 718 g/mol. The van der Waals surface area contributed by atoms with Gasteiger partial charge >= 0.3 is 0 Å². The average molecular weight is 719 g/mol. The first-order valence-corrected chi connectivity index (χ1v) is 18.0. The molecule has 2 saturated heterocycles. The zero-order chi connectivity index (χ0) is 37.2. The third-order valence-corrected chi connectivity index (χ3v) is 9.74. The fourth-order valence-electron chi connectivity index (χ4n) is 6.58. The number of para-hydroxylation sites is 4. The van der Waals surface area contributed by atoms with Gasteiger partial charge in [0.1, 0.15) is 11.4 Å². The summed E-state index contributed by atoms with van der Waals surface area (Å²) < 4.78 is 0. The Bertz CT molecular complexity index is 1890. The van der Waals surface area contributed by atoms with E-state index in [1.54, 1.807) is 72.8 Å². The molecular formula is C39H46N10O4. The maximum absolute atomic E-state index is 12.4. The van der Waals surface area contributed by atoms with E-state index in [1.165, 1.54) is 38.1 Å². The summed E-state index contributed by atoms with van der Waals surface area (Å²) in [5, 5.41) is 14.3. The smallest absolute Gasteiger partial charge is 0.274 e. The highest BCUT2D eigenvalue weighted by molar-refractivity contribution is 6.05. The number of hydrogen-bond donors (Lipinski definition) is 7. The number of carbonyl (C=O) groups excluding carboxylic acids is 4. The van der Waals surface area contributed by atoms with E-state index in [4.69, 9.17) is 11.5 Å². The van der Waals surface area contributed by atoms with Crippen LogP contribution < -0.4 is 38.1 Å². The van der Waals surface area contributed by atoms with Crippen molar-refractivity contribution >= 4 is 57.8 Å². The molecule has 7 rings (SSSR count). The minimum atomic E-state index is -0.357. The number of carbonyl (C=O) groups is 4. The third kappa shape index (κ3) is 10.1. The Labute approximate surface area is 308 Å². The minimum absolute atomic E-state index is 0.00578. The zero-order valence-electron chi connectivity index (χ0n) is 29.5. The number of amides is 4. The van der Waals surface area contributed by atoms with Crippen LogP contribution in [0.3, 0.4) is 0 Å². The Balaban J connectivity index is 0.000000185. The number of aromatic nitrogens is 2. The summed E-state index contributed by atoms with van der Waals surface area (Å²) in [4.78, 5) is 59.5. The molecule has 9 N–H and O–H groups in total. The molecule has 14 nitrogen and oxygen atoms in total. The second-order valence-corrected chi connectivity index (χ2v) is 13.5. The first kappa shape index (κ1) is 36.9. The summed E-state index contributed by atoms with van der Waals surface area (Å²) in [7, 11) is 0. The fraction of sp³-hybridized carbons (Fsp3) is 0.333. The normalized spacial score (nSPS) is 18.0. The van der Waals surface area contributed by atoms with E-state index in [0.29, 0.717) is 59.0 Å². The SMILES string of the molecule is Nc1ccccc1NC(=O)c1ccc(NC(=O)CC2CCN2)cn1.Nc1ccccc1NC(=O)c1ccc(NC(=O)CC2CCN2C2CCCC2)cn1. The topological polar surface area (TPSA) is 209 Å². The standard InChI is InChI=1S/C22H27N5O2.C17H19N5O2/c23-18-7-3-4-8-19(18)26-22(29)20-10-9-15(14-24-20)25-21(28)13-17-11-12-27(17)16-5-1-2-6-16;18-13-3-1-2-4-14(13)22-17(24)15-6-5-12(10-20-15)21-16(23)9-11-7-8-19-11/h3-4,7-10,14,16-17H,1-2,5-6,11-13,23H2,(H,25,28)(H,26,29);1-6,10-11,19H,7-9,18H2,(H,21,23)(H,22,24). The number of benzene rings is 2. The Morgan fingerprint density at radius 3 is 1.58 bits per heavy atom. The van der Waals surface area contributed by atoms with Gasteiger partial charge in [0.25, 0.3) is 11.8 Å². The van der Waals surface area contributed by atoms with Crippen molar-refractivity contribution in [1.82, 2.24) is 20.2 Å². The molecule has 53 heavy (non-hydrogen) atoms. The Kier molecular flexibility index (Phi) is 12.2. The van der Waals surface area contributed by atoms with Gasteiger partial charge in [-0.05, 0) is 80.8 Å². The van der Waals surface area contributed by atoms with Gasteiger partial charge in [0, 0.05) is 37.5 Å². The number of nitrogens with one attached hydrogen (secondary N) is 5. The van der Waals surface area contributed by atoms with Crippen LogP contribution >= 0.6 is 0 Å². The lowest BCUT2D eigenvalue weighted by Gasteiger charge is -2.45. The van der Waals surface area contributed by atoms with Gasteiger partial charge < -0.3 is 38.1 Å². The molecule has 2 unspecified atom stereocenters. The van der Waals surface area contributed by atoms with Crippen LogP contribution in [0.15, 0.2) is 85.2 Å². The number of nitrogen functional groups attached to an aromatic ring is 2. The summed E-state index contributed by atoms with van der Waals surface area (Å²) in [6.45, 7) is 2.08. The maximum Gasteiger partial charge on any atom is 0.274 e. The molecule has 1 saturated carbocycles. The van der Waals surface area contributed by atoms with Crippen LogP contribution in [0.5, 0.6) is 0 Å². The van der Waals surface area contributed by atoms with E-state index in [2.05, 4.69) is 41.5 Å². The van der Waals surface area contributed by atoms with Crippen molar-refractivity contribution in [2.45, 2.75) is 69.5 Å². The first-order chi connectivity index (χ1) is 25.7. The van der Waals surface area contributed by atoms with Gasteiger partial charge in [0.2, 0.25) is 11.8 Å². The van der Waals surface area contributed by atoms with E-state index in [0.717, 1.165) is 25.9 Å². The lowest BCUT2D eigenvalue weighted by molar-refractivity contribution is -0.119. The largest absolute Gasteiger partial charge is 0.397 e. The molecule has 3 fully saturated rings. The highest BCUT2D eigenvalue weighted by atomic mass is 16.2. The van der Waals surface area contributed by atoms with Crippen LogP contribution in [0, 0.1) is 0 Å². The third-order valence-electron chi connectivity index (χ3n) is 9.74. The molecule has 2 atom stereocenters. The first-order valence-electron chi connectivity index (χ1n) is 18.0. The lowest BCUT2D eigenvalue weighted by atomic mass is 9.95. The van der Waals surface area contributed by atoms with Gasteiger partial charge in [-0.2, -0.15) is 0 Å². The van der Waals surface area contributed by atoms with Crippen molar-refractivity contribution in [2.24, 2.45) is 0 Å². The van der Waals surface area contributed by atoms with Crippen molar-refractivity contribution in [3.63, 3.8) is 0 Å². The Morgan fingerprint density at radius 2 is 1.17 bits per heavy atom. The zero-order valence-corrected chi connectivity index (χ0v) is 29.5. The Morgan fingerprint density at radius 1 is 0.660 bits per heavy atom. The number of nitrogens with two attached hydrogens (primary N) is 2. The van der Waals surface area contributed by atoms with E-state index < -0.39 is 0 Å². The summed E-state index contributed by atoms with van der Waals surface area (Å²) in [5.74, 6) is -0.774. The van der Waals surface area contributed by atoms with Gasteiger partial charge in [0.05, 0.1) is 46.5 Å². The molecule has 4 aromatic rings. The number of pyridine rings is 2. The molecule has 14 heteroatoms. The summed E-state index contributed by atoms with van der Waals surface area (Å²) in [5.41, 5.74) is 15.4. The number of likely N-dealkylation sites (tertiary alicyclic amines) is 1. The van der Waals surface area contributed by atoms with Gasteiger partial charge in [-0.25, -0.2) is 9.97 Å². The van der Waals surface area contributed by atoms with Gasteiger partial charge in [-0.1, -0.05) is 37.1 Å². The number of rotatable bonds is 11. The van der Waals surface area contributed by atoms with Crippen LogP contribution in [0.4, 0.5) is 34.1 Å². The number of hydrogen-bond acceptors (Lipinski definition) is 10. The number of anilines is 6. The van der Waals surface area contributed by atoms with Crippen molar-refractivity contribution in [3.05, 3.63) is 96.6 Å². The van der Waals surface area contributed by atoms with Crippen molar-refractivity contribution in [1.29, 1.82) is 0 Å². The molecule has 4 heterocycles. The fourth-order valence-corrected chi connectivity index (χ4v) is 6.58. The van der Waals surface area contributed by atoms with Crippen molar-refractivity contribution in [3.8, 4) is 0 Å². The molecule has 1 aliphatic carbocycles. The van der Waals surface area contributed by atoms with Gasteiger partial charge in [0.15, 0.2) is 0 Å². The van der Waals surface area contributed by atoms with Crippen LogP contribution in [0.25, 0.3) is 0 Å². The molecule has 0 spiro atoms. The molecule has 2 aromatic heterocycles. The molecular weight excluding hydrogens is 672 g/mol. The van der Waals surface area contributed by atoms with E-state index in [9.17, 15) is 19.2 Å². The second-order valence-electron chi connectivity index (χ2n) is 13.5. The van der Waals surface area contributed by atoms with E-state index >= 15 is 0 Å². The highest BCUT2D eigenvalue weighted by Gasteiger charge is 2.36. The highest BCUT2D eigenvalue weighted by Crippen LogP contribution is 2.32. The quantitative estimate of drug-likeness (QED) is 0.105. The van der Waals surface area contributed by atoms with Crippen LogP contribution in [0.2, 0.25) is 0 Å². The van der Waals surface area contributed by atoms with Crippen LogP contribution in [-0.2, 0) is 9.59 Å². The van der Waals surface area contributed by atoms with Crippen LogP contribution in [0.1, 0.15) is 72.3 Å². The summed E-state index contributed by atoms with van der Waals surface area (Å²) >= 11 is 0. The molecule has 2 aliphatic heterocycles. The molecule has 0 radical (unpaired) electrons. The predicted octanol–water partition coefficient (Wildman–Crippen LogP) is 4.87. The molecule has 3 aliphatic rings. The van der Waals surface area contributed by atoms with Crippen molar-refractivity contribution < 1.29 is 19.2 Å². The average Bonchev–Trinajstić information content (AvgIpc) is 3.65. The summed E-state index contributed by atoms with van der Waals surface area (Å²) in [6.07, 6.45) is 11.2. The maximum atomic E-state index is 12.4. The predicted molar refractivity (Wildman–Crippen MR) is 206 cm³/mol. The second kappa shape index (κ2) is 17.6. The van der Waals surface area contributed by atoms with E-state index in [1.807, 2.05) is 0 Å². The molecule has 2 aromatic carbocycles. The molecule has 4 amide bonds. The van der Waals surface area contributed by atoms with Crippen molar-refractivity contribution in [2.75, 3.05) is 45.8 Å². The number of nitrogens with zero attached hydrogens (tertiary/aromatic N) is 3. The summed E-state index contributed by atoms with van der Waals surface area (Å²) in [6, 6.07) is 21.9. The minimum Gasteiger partial charge on any atom is -0.397 e. The van der Waals surface area contributed by atoms with E-state index in [-0.39, 0.29) is 41.1 Å². The van der Waals surface area contributed by atoms with Gasteiger partial charge in [-0.15, -0.1) is 0 Å². The lowest BCUT2D eigenvalue weighted by Crippen LogP contribution is -2.53. The molecule has 0 bridgehead atoms. The molecule has 276 valence electrons. The van der Waals surface area contributed by atoms with Crippen LogP contribution in [-0.4, -0.2) is 69.7 Å². The van der Waals surface area contributed by atoms with Gasteiger partial charge in [-0.3, -0.25) is 24.1 Å².